The van der Waals surface area contributed by atoms with Gasteiger partial charge in [-0.05, 0) is 37.8 Å². The van der Waals surface area contributed by atoms with E-state index in [0.717, 1.165) is 11.8 Å². The fraction of sp³-hybridized carbons (Fsp3) is 1.00. The zero-order chi connectivity index (χ0) is 6.69. The maximum Gasteiger partial charge on any atom is -0.00206 e. The molecular weight excluding hydrogens is 110 g/mol. The second-order valence-corrected chi connectivity index (χ2v) is 3.30. The maximum absolute atomic E-state index is 3.43. The van der Waals surface area contributed by atoms with Crippen LogP contribution in [0.3, 0.4) is 0 Å². The minimum absolute atomic E-state index is 0.882. The summed E-state index contributed by atoms with van der Waals surface area (Å²) in [5.41, 5.74) is 0. The Labute approximate surface area is 57.8 Å². The molecule has 0 saturated carbocycles. The van der Waals surface area contributed by atoms with Crippen LogP contribution in [0.25, 0.3) is 0 Å². The lowest BCUT2D eigenvalue weighted by Gasteiger charge is -2.14. The van der Waals surface area contributed by atoms with Gasteiger partial charge >= 0.3 is 0 Å². The van der Waals surface area contributed by atoms with Crippen LogP contribution < -0.4 is 5.32 Å². The summed E-state index contributed by atoms with van der Waals surface area (Å²) in [6, 6.07) is 0. The van der Waals surface area contributed by atoms with Gasteiger partial charge in [0.15, 0.2) is 0 Å². The van der Waals surface area contributed by atoms with Gasteiger partial charge in [-0.25, -0.2) is 0 Å². The molecule has 1 heteroatoms. The van der Waals surface area contributed by atoms with Crippen LogP contribution >= 0.6 is 0 Å². The van der Waals surface area contributed by atoms with Gasteiger partial charge in [0.05, 0.1) is 0 Å². The first-order valence-electron chi connectivity index (χ1n) is 4.01. The summed E-state index contributed by atoms with van der Waals surface area (Å²) in [6.45, 7) is 7.15. The van der Waals surface area contributed by atoms with E-state index < -0.39 is 0 Å². The summed E-state index contributed by atoms with van der Waals surface area (Å²) in [5.74, 6) is 1.81. The summed E-state index contributed by atoms with van der Waals surface area (Å²) < 4.78 is 0. The second-order valence-electron chi connectivity index (χ2n) is 3.30. The van der Waals surface area contributed by atoms with Gasteiger partial charge in [-0.1, -0.05) is 13.8 Å². The highest BCUT2D eigenvalue weighted by Gasteiger charge is 2.13. The minimum atomic E-state index is 0.882. The van der Waals surface area contributed by atoms with Gasteiger partial charge in [0.1, 0.15) is 0 Å². The third kappa shape index (κ3) is 1.98. The van der Waals surface area contributed by atoms with Gasteiger partial charge in [-0.3, -0.25) is 0 Å². The molecule has 2 atom stereocenters. The number of hydrogen-bond acceptors (Lipinski definition) is 1. The van der Waals surface area contributed by atoms with Crippen LogP contribution in [-0.4, -0.2) is 13.1 Å². The van der Waals surface area contributed by atoms with Gasteiger partial charge in [-0.2, -0.15) is 0 Å². The van der Waals surface area contributed by atoms with Crippen molar-refractivity contribution >= 4 is 0 Å². The summed E-state index contributed by atoms with van der Waals surface area (Å²) in [7, 11) is 0. The molecule has 0 spiro atoms. The Kier molecular flexibility index (Phi) is 2.52. The second kappa shape index (κ2) is 3.21. The Morgan fingerprint density at radius 3 is 2.78 bits per heavy atom. The molecule has 1 nitrogen and oxygen atoms in total. The van der Waals surface area contributed by atoms with E-state index in [1.54, 1.807) is 0 Å². The molecule has 1 heterocycles. The molecule has 1 rings (SSSR count). The molecule has 1 N–H and O–H groups in total. The highest BCUT2D eigenvalue weighted by molar-refractivity contribution is 4.68. The quantitative estimate of drug-likeness (QED) is 0.521. The topological polar surface area (TPSA) is 12.0 Å². The lowest BCUT2D eigenvalue weighted by atomic mass is 9.93. The van der Waals surface area contributed by atoms with Crippen LogP contribution in [0.2, 0.25) is 0 Å². The summed E-state index contributed by atoms with van der Waals surface area (Å²) in [6.07, 6.45) is 2.78. The van der Waals surface area contributed by atoms with Crippen molar-refractivity contribution in [2.45, 2.75) is 26.7 Å². The summed E-state index contributed by atoms with van der Waals surface area (Å²) >= 11 is 0. The average molecular weight is 127 g/mol. The van der Waals surface area contributed by atoms with Crippen molar-refractivity contribution in [1.82, 2.24) is 5.32 Å². The molecule has 0 radical (unpaired) electrons. The minimum Gasteiger partial charge on any atom is -0.316 e. The molecule has 0 bridgehead atoms. The molecule has 0 amide bonds. The number of nitrogens with one attached hydrogen (secondary N) is 1. The van der Waals surface area contributed by atoms with E-state index in [1.165, 1.54) is 25.9 Å². The van der Waals surface area contributed by atoms with E-state index in [0.29, 0.717) is 0 Å². The molecule has 1 fully saturated rings. The first-order valence-corrected chi connectivity index (χ1v) is 4.01. The predicted molar refractivity (Wildman–Crippen MR) is 40.4 cm³/mol. The molecule has 0 aliphatic carbocycles. The monoisotopic (exact) mass is 127 g/mol. The van der Waals surface area contributed by atoms with E-state index >= 15 is 0 Å². The maximum atomic E-state index is 3.43. The van der Waals surface area contributed by atoms with Crippen molar-refractivity contribution in [2.24, 2.45) is 11.8 Å². The van der Waals surface area contributed by atoms with E-state index in [1.807, 2.05) is 0 Å². The van der Waals surface area contributed by atoms with Crippen molar-refractivity contribution in [1.29, 1.82) is 0 Å². The first-order chi connectivity index (χ1) is 4.30. The normalized spacial score (nSPS) is 38.0. The highest BCUT2D eigenvalue weighted by atomic mass is 14.9. The van der Waals surface area contributed by atoms with Crippen LogP contribution in [0, 0.1) is 11.8 Å². The first kappa shape index (κ1) is 7.07. The fourth-order valence-electron chi connectivity index (χ4n) is 1.36. The molecule has 0 aromatic carbocycles. The van der Waals surface area contributed by atoms with E-state index in [9.17, 15) is 0 Å². The van der Waals surface area contributed by atoms with Gasteiger partial charge in [0.25, 0.3) is 0 Å². The lowest BCUT2D eigenvalue weighted by molar-refractivity contribution is 0.383. The molecule has 9 heavy (non-hydrogen) atoms. The number of rotatable bonds is 0. The van der Waals surface area contributed by atoms with E-state index in [4.69, 9.17) is 0 Å². The Morgan fingerprint density at radius 2 is 2.00 bits per heavy atom. The Balaban J connectivity index is 2.32. The van der Waals surface area contributed by atoms with E-state index in [-0.39, 0.29) is 0 Å². The molecule has 54 valence electrons. The van der Waals surface area contributed by atoms with Gasteiger partial charge in [0.2, 0.25) is 0 Å². The third-order valence-corrected chi connectivity index (χ3v) is 2.45. The largest absolute Gasteiger partial charge is 0.316 e. The van der Waals surface area contributed by atoms with Crippen LogP contribution in [0.15, 0.2) is 0 Å². The van der Waals surface area contributed by atoms with Gasteiger partial charge < -0.3 is 5.32 Å². The Hall–Kier alpha value is -0.0400. The smallest absolute Gasteiger partial charge is 0.00206 e. The molecule has 0 aromatic heterocycles. The molecular formula is C8H17N. The van der Waals surface area contributed by atoms with Crippen molar-refractivity contribution in [2.75, 3.05) is 13.1 Å². The third-order valence-electron chi connectivity index (χ3n) is 2.45. The molecule has 0 unspecified atom stereocenters. The average Bonchev–Trinajstić information content (AvgIpc) is 1.99. The zero-order valence-corrected chi connectivity index (χ0v) is 6.48. The fourth-order valence-corrected chi connectivity index (χ4v) is 1.36. The predicted octanol–water partition coefficient (Wildman–Crippen LogP) is 1.64. The number of hydrogen-bond donors (Lipinski definition) is 1. The lowest BCUT2D eigenvalue weighted by Crippen LogP contribution is -2.21. The van der Waals surface area contributed by atoms with Crippen LogP contribution in [-0.2, 0) is 0 Å². The van der Waals surface area contributed by atoms with E-state index in [2.05, 4.69) is 19.2 Å². The summed E-state index contributed by atoms with van der Waals surface area (Å²) in [4.78, 5) is 0. The molecule has 1 saturated heterocycles. The summed E-state index contributed by atoms with van der Waals surface area (Å²) in [5, 5.41) is 3.43. The zero-order valence-electron chi connectivity index (χ0n) is 6.48. The Bertz CT molecular complexity index is 70.6. The van der Waals surface area contributed by atoms with Crippen LogP contribution in [0.4, 0.5) is 0 Å². The molecule has 1 aliphatic heterocycles. The van der Waals surface area contributed by atoms with Crippen molar-refractivity contribution in [3.63, 3.8) is 0 Å². The highest BCUT2D eigenvalue weighted by Crippen LogP contribution is 2.17. The molecule has 1 aliphatic rings. The van der Waals surface area contributed by atoms with Crippen LogP contribution in [0.1, 0.15) is 26.7 Å². The van der Waals surface area contributed by atoms with Gasteiger partial charge in [-0.15, -0.1) is 0 Å². The standard InChI is InChI=1S/C8H17N/c1-7-4-3-5-9-6-8(7)2/h7-9H,3-6H2,1-2H3/t7-,8-/m1/s1. The SMILES string of the molecule is C[C@@H]1CCCNC[C@H]1C. The van der Waals surface area contributed by atoms with Crippen molar-refractivity contribution in [3.05, 3.63) is 0 Å². The van der Waals surface area contributed by atoms with Crippen molar-refractivity contribution in [3.8, 4) is 0 Å². The Morgan fingerprint density at radius 1 is 1.22 bits per heavy atom. The van der Waals surface area contributed by atoms with Crippen molar-refractivity contribution < 1.29 is 0 Å². The molecule has 0 aromatic rings. The van der Waals surface area contributed by atoms with Gasteiger partial charge in [0, 0.05) is 0 Å². The van der Waals surface area contributed by atoms with Crippen LogP contribution in [0.5, 0.6) is 0 Å².